The van der Waals surface area contributed by atoms with Gasteiger partial charge in [0.2, 0.25) is 0 Å². The quantitative estimate of drug-likeness (QED) is 0.798. The van der Waals surface area contributed by atoms with Crippen molar-refractivity contribution in [1.82, 2.24) is 10.2 Å². The Morgan fingerprint density at radius 1 is 1.00 bits per heavy atom. The predicted octanol–water partition coefficient (Wildman–Crippen LogP) is 2.70. The molecule has 2 saturated heterocycles. The number of piperazine rings is 1. The highest BCUT2D eigenvalue weighted by Gasteiger charge is 2.48. The first-order valence-corrected chi connectivity index (χ1v) is 8.94. The van der Waals surface area contributed by atoms with Gasteiger partial charge in [-0.2, -0.15) is 0 Å². The molecule has 114 valence electrons. The molecule has 4 fully saturated rings. The lowest BCUT2D eigenvalue weighted by molar-refractivity contribution is -0.162. The number of nitrogens with zero attached hydrogens (tertiary/aromatic N) is 1. The van der Waals surface area contributed by atoms with Crippen LogP contribution in [0.5, 0.6) is 0 Å². The lowest BCUT2D eigenvalue weighted by Crippen LogP contribution is -2.66. The zero-order valence-electron chi connectivity index (χ0n) is 12.8. The van der Waals surface area contributed by atoms with Crippen molar-refractivity contribution in [1.29, 1.82) is 0 Å². The van der Waals surface area contributed by atoms with Gasteiger partial charge >= 0.3 is 0 Å². The fourth-order valence-electron chi connectivity index (χ4n) is 5.29. The standard InChI is InChI=1S/C17H30N2O/c1-2-6-16(7-3-1)14-18-10-11-19(16)15-5-12-20-17(13-15)8-4-9-17/h15,18H,1-14H2. The van der Waals surface area contributed by atoms with Gasteiger partial charge in [-0.1, -0.05) is 19.3 Å². The van der Waals surface area contributed by atoms with E-state index in [2.05, 4.69) is 10.2 Å². The van der Waals surface area contributed by atoms with E-state index in [4.69, 9.17) is 4.74 Å². The van der Waals surface area contributed by atoms with Crippen molar-refractivity contribution in [3.8, 4) is 0 Å². The predicted molar refractivity (Wildman–Crippen MR) is 80.9 cm³/mol. The smallest absolute Gasteiger partial charge is 0.0697 e. The second-order valence-electron chi connectivity index (χ2n) is 7.69. The Morgan fingerprint density at radius 3 is 2.60 bits per heavy atom. The molecule has 0 radical (unpaired) electrons. The maximum absolute atomic E-state index is 6.16. The van der Waals surface area contributed by atoms with Crippen LogP contribution in [0.1, 0.15) is 64.2 Å². The summed E-state index contributed by atoms with van der Waals surface area (Å²) in [6, 6.07) is 0.796. The van der Waals surface area contributed by atoms with E-state index in [1.165, 1.54) is 83.8 Å². The summed E-state index contributed by atoms with van der Waals surface area (Å²) in [6.45, 7) is 4.69. The SMILES string of the molecule is C1CCC2(CC1)CNCCN2C1CCOC2(CCC2)C1. The number of hydrogen-bond acceptors (Lipinski definition) is 3. The van der Waals surface area contributed by atoms with E-state index in [9.17, 15) is 0 Å². The maximum Gasteiger partial charge on any atom is 0.0697 e. The van der Waals surface area contributed by atoms with Gasteiger partial charge in [0.05, 0.1) is 5.60 Å². The lowest BCUT2D eigenvalue weighted by Gasteiger charge is -2.57. The van der Waals surface area contributed by atoms with E-state index in [1.807, 2.05) is 0 Å². The van der Waals surface area contributed by atoms with Gasteiger partial charge in [0.1, 0.15) is 0 Å². The van der Waals surface area contributed by atoms with Crippen LogP contribution >= 0.6 is 0 Å². The molecule has 4 rings (SSSR count). The van der Waals surface area contributed by atoms with Gasteiger partial charge in [0.15, 0.2) is 0 Å². The van der Waals surface area contributed by atoms with Gasteiger partial charge in [0.25, 0.3) is 0 Å². The van der Waals surface area contributed by atoms with Gasteiger partial charge in [-0.05, 0) is 44.9 Å². The fraction of sp³-hybridized carbons (Fsp3) is 1.00. The molecule has 2 saturated carbocycles. The molecule has 0 aromatic heterocycles. The van der Waals surface area contributed by atoms with Crippen LogP contribution in [0, 0.1) is 0 Å². The molecule has 3 heteroatoms. The van der Waals surface area contributed by atoms with Crippen molar-refractivity contribution >= 4 is 0 Å². The first-order chi connectivity index (χ1) is 9.82. The lowest BCUT2D eigenvalue weighted by atomic mass is 9.71. The van der Waals surface area contributed by atoms with Crippen LogP contribution in [-0.2, 0) is 4.74 Å². The minimum atomic E-state index is 0.295. The molecule has 0 bridgehead atoms. The molecular formula is C17H30N2O. The summed E-state index contributed by atoms with van der Waals surface area (Å²) >= 11 is 0. The first-order valence-electron chi connectivity index (χ1n) is 8.94. The minimum Gasteiger partial charge on any atom is -0.375 e. The third-order valence-electron chi connectivity index (χ3n) is 6.55. The normalized spacial score (nSPS) is 36.9. The zero-order valence-corrected chi connectivity index (χ0v) is 12.8. The second kappa shape index (κ2) is 5.26. The van der Waals surface area contributed by atoms with Crippen molar-refractivity contribution in [2.24, 2.45) is 0 Å². The average molecular weight is 278 g/mol. The van der Waals surface area contributed by atoms with Crippen LogP contribution in [0.15, 0.2) is 0 Å². The Bertz CT molecular complexity index is 339. The van der Waals surface area contributed by atoms with E-state index in [0.717, 1.165) is 12.6 Å². The van der Waals surface area contributed by atoms with Gasteiger partial charge in [-0.3, -0.25) is 4.90 Å². The molecule has 2 heterocycles. The second-order valence-corrected chi connectivity index (χ2v) is 7.69. The molecule has 0 aromatic carbocycles. The highest BCUT2D eigenvalue weighted by Crippen LogP contribution is 2.46. The van der Waals surface area contributed by atoms with Crippen LogP contribution in [0.2, 0.25) is 0 Å². The van der Waals surface area contributed by atoms with Crippen molar-refractivity contribution in [2.45, 2.75) is 81.4 Å². The minimum absolute atomic E-state index is 0.295. The van der Waals surface area contributed by atoms with Crippen LogP contribution in [0.3, 0.4) is 0 Å². The van der Waals surface area contributed by atoms with Gasteiger partial charge < -0.3 is 10.1 Å². The van der Waals surface area contributed by atoms with Crippen molar-refractivity contribution in [3.05, 3.63) is 0 Å². The Balaban J connectivity index is 1.52. The Hall–Kier alpha value is -0.120. The van der Waals surface area contributed by atoms with Crippen molar-refractivity contribution < 1.29 is 4.74 Å². The Kier molecular flexibility index (Phi) is 3.56. The summed E-state index contributed by atoms with van der Waals surface area (Å²) < 4.78 is 6.16. The third kappa shape index (κ3) is 2.22. The molecule has 4 aliphatic rings. The highest BCUT2D eigenvalue weighted by atomic mass is 16.5. The summed E-state index contributed by atoms with van der Waals surface area (Å²) in [4.78, 5) is 2.94. The molecule has 1 unspecified atom stereocenters. The number of rotatable bonds is 1. The van der Waals surface area contributed by atoms with Crippen LogP contribution in [-0.4, -0.2) is 48.3 Å². The van der Waals surface area contributed by atoms with Gasteiger partial charge in [0, 0.05) is 37.8 Å². The molecular weight excluding hydrogens is 248 g/mol. The first kappa shape index (κ1) is 13.5. The highest BCUT2D eigenvalue weighted by molar-refractivity contribution is 5.04. The van der Waals surface area contributed by atoms with Crippen molar-refractivity contribution in [2.75, 3.05) is 26.2 Å². The monoisotopic (exact) mass is 278 g/mol. The largest absolute Gasteiger partial charge is 0.375 e. The van der Waals surface area contributed by atoms with Crippen LogP contribution in [0.25, 0.3) is 0 Å². The average Bonchev–Trinajstić information content (AvgIpc) is 2.47. The molecule has 0 amide bonds. The molecule has 2 aliphatic carbocycles. The number of hydrogen-bond donors (Lipinski definition) is 1. The Labute approximate surface area is 123 Å². The molecule has 20 heavy (non-hydrogen) atoms. The molecule has 2 spiro atoms. The Morgan fingerprint density at radius 2 is 1.85 bits per heavy atom. The van der Waals surface area contributed by atoms with E-state index in [1.54, 1.807) is 0 Å². The molecule has 1 N–H and O–H groups in total. The summed E-state index contributed by atoms with van der Waals surface area (Å²) in [5.41, 5.74) is 0.785. The van der Waals surface area contributed by atoms with Gasteiger partial charge in [-0.25, -0.2) is 0 Å². The topological polar surface area (TPSA) is 24.5 Å². The third-order valence-corrected chi connectivity index (χ3v) is 6.55. The fourth-order valence-corrected chi connectivity index (χ4v) is 5.29. The summed E-state index contributed by atoms with van der Waals surface area (Å²) in [5.74, 6) is 0. The maximum atomic E-state index is 6.16. The summed E-state index contributed by atoms with van der Waals surface area (Å²) in [7, 11) is 0. The van der Waals surface area contributed by atoms with Crippen LogP contribution < -0.4 is 5.32 Å². The van der Waals surface area contributed by atoms with E-state index < -0.39 is 0 Å². The summed E-state index contributed by atoms with van der Waals surface area (Å²) in [6.07, 6.45) is 13.8. The number of nitrogens with one attached hydrogen (secondary N) is 1. The van der Waals surface area contributed by atoms with Gasteiger partial charge in [-0.15, -0.1) is 0 Å². The molecule has 3 nitrogen and oxygen atoms in total. The zero-order chi connectivity index (χ0) is 13.5. The van der Waals surface area contributed by atoms with Crippen molar-refractivity contribution in [3.63, 3.8) is 0 Å². The van der Waals surface area contributed by atoms with E-state index in [-0.39, 0.29) is 0 Å². The van der Waals surface area contributed by atoms with E-state index in [0.29, 0.717) is 11.1 Å². The van der Waals surface area contributed by atoms with E-state index >= 15 is 0 Å². The molecule has 0 aromatic rings. The number of ether oxygens (including phenoxy) is 1. The summed E-state index contributed by atoms with van der Waals surface area (Å²) in [5, 5.41) is 3.69. The van der Waals surface area contributed by atoms with Crippen LogP contribution in [0.4, 0.5) is 0 Å². The molecule has 1 atom stereocenters. The molecule has 2 aliphatic heterocycles.